The van der Waals surface area contributed by atoms with Crippen LogP contribution in [0.3, 0.4) is 0 Å². The summed E-state index contributed by atoms with van der Waals surface area (Å²) in [4.78, 5) is 36.9. The molecule has 1 atom stereocenters. The van der Waals surface area contributed by atoms with Gasteiger partial charge in [-0.25, -0.2) is 4.39 Å². The maximum atomic E-state index is 12.8. The predicted molar refractivity (Wildman–Crippen MR) is 100 cm³/mol. The molecular formula is C20H18FNO4S. The van der Waals surface area contributed by atoms with E-state index in [4.69, 9.17) is 4.74 Å². The first-order valence-corrected chi connectivity index (χ1v) is 9.42. The highest BCUT2D eigenvalue weighted by Crippen LogP contribution is 2.36. The summed E-state index contributed by atoms with van der Waals surface area (Å²) in [5.41, 5.74) is 1.17. The number of anilines is 1. The molecule has 1 aliphatic rings. The third-order valence-corrected chi connectivity index (χ3v) is 5.31. The number of para-hydroxylation sites is 1. The van der Waals surface area contributed by atoms with Crippen LogP contribution in [-0.2, 0) is 14.3 Å². The van der Waals surface area contributed by atoms with Gasteiger partial charge in [-0.2, -0.15) is 0 Å². The zero-order valence-corrected chi connectivity index (χ0v) is 15.3. The standard InChI is InChI=1S/C20H18FNO4S/c21-14-9-7-13(8-10-14)16(23)5-3-11-26-19(24)12-18-20(25)22-15-4-1-2-6-17(15)27-18/h1-2,4,6-10,18H,3,5,11-12H2,(H,22,25)/t18-/m1/s1. The molecule has 5 nitrogen and oxygen atoms in total. The molecule has 0 bridgehead atoms. The fourth-order valence-corrected chi connectivity index (χ4v) is 3.73. The lowest BCUT2D eigenvalue weighted by molar-refractivity contribution is -0.144. The van der Waals surface area contributed by atoms with Gasteiger partial charge < -0.3 is 10.1 Å². The number of rotatable bonds is 7. The maximum absolute atomic E-state index is 12.8. The van der Waals surface area contributed by atoms with Gasteiger partial charge in [0, 0.05) is 16.9 Å². The molecule has 2 aromatic carbocycles. The highest BCUT2D eigenvalue weighted by Gasteiger charge is 2.29. The second-order valence-corrected chi connectivity index (χ2v) is 7.29. The summed E-state index contributed by atoms with van der Waals surface area (Å²) in [5, 5.41) is 2.25. The Kier molecular flexibility index (Phi) is 6.24. The van der Waals surface area contributed by atoms with E-state index in [9.17, 15) is 18.8 Å². The molecule has 2 aromatic rings. The van der Waals surface area contributed by atoms with Crippen LogP contribution in [0.5, 0.6) is 0 Å². The minimum atomic E-state index is -0.534. The van der Waals surface area contributed by atoms with E-state index >= 15 is 0 Å². The number of halogens is 1. The molecule has 0 radical (unpaired) electrons. The first kappa shape index (κ1) is 19.1. The van der Waals surface area contributed by atoms with E-state index in [1.165, 1.54) is 36.0 Å². The van der Waals surface area contributed by atoms with Crippen LogP contribution in [0, 0.1) is 5.82 Å². The van der Waals surface area contributed by atoms with Crippen molar-refractivity contribution in [2.24, 2.45) is 0 Å². The van der Waals surface area contributed by atoms with E-state index in [0.29, 0.717) is 12.0 Å². The number of benzene rings is 2. The van der Waals surface area contributed by atoms with Crippen molar-refractivity contribution in [1.82, 2.24) is 0 Å². The number of thioether (sulfide) groups is 1. The Morgan fingerprint density at radius 2 is 1.85 bits per heavy atom. The van der Waals surface area contributed by atoms with Crippen molar-refractivity contribution in [2.45, 2.75) is 29.4 Å². The first-order valence-electron chi connectivity index (χ1n) is 8.54. The van der Waals surface area contributed by atoms with Gasteiger partial charge >= 0.3 is 5.97 Å². The number of carbonyl (C=O) groups is 3. The minimum absolute atomic E-state index is 0.0310. The lowest BCUT2D eigenvalue weighted by Gasteiger charge is -2.23. The van der Waals surface area contributed by atoms with Gasteiger partial charge in [-0.15, -0.1) is 11.8 Å². The van der Waals surface area contributed by atoms with Crippen molar-refractivity contribution in [3.8, 4) is 0 Å². The Morgan fingerprint density at radius 3 is 2.63 bits per heavy atom. The van der Waals surface area contributed by atoms with Gasteiger partial charge in [-0.05, 0) is 42.8 Å². The Bertz CT molecular complexity index is 853. The van der Waals surface area contributed by atoms with Crippen molar-refractivity contribution in [1.29, 1.82) is 0 Å². The topological polar surface area (TPSA) is 72.5 Å². The van der Waals surface area contributed by atoms with E-state index in [-0.39, 0.29) is 31.1 Å². The largest absolute Gasteiger partial charge is 0.466 e. The molecule has 1 heterocycles. The molecule has 27 heavy (non-hydrogen) atoms. The lowest BCUT2D eigenvalue weighted by Crippen LogP contribution is -2.31. The molecule has 1 amide bonds. The van der Waals surface area contributed by atoms with Crippen molar-refractivity contribution in [3.05, 3.63) is 59.9 Å². The summed E-state index contributed by atoms with van der Waals surface area (Å²) in [6.45, 7) is 0.0986. The van der Waals surface area contributed by atoms with E-state index in [1.54, 1.807) is 0 Å². The molecule has 7 heteroatoms. The summed E-state index contributed by atoms with van der Waals surface area (Å²) in [6, 6.07) is 12.7. The van der Waals surface area contributed by atoms with Crippen LogP contribution in [0.1, 0.15) is 29.6 Å². The van der Waals surface area contributed by atoms with Gasteiger partial charge in [-0.3, -0.25) is 14.4 Å². The third-order valence-electron chi connectivity index (χ3n) is 4.04. The summed E-state index contributed by atoms with van der Waals surface area (Å²) >= 11 is 1.34. The Hall–Kier alpha value is -2.67. The van der Waals surface area contributed by atoms with Crippen molar-refractivity contribution < 1.29 is 23.5 Å². The van der Waals surface area contributed by atoms with E-state index in [0.717, 1.165) is 10.6 Å². The molecule has 0 saturated carbocycles. The molecule has 3 rings (SSSR count). The number of esters is 1. The SMILES string of the molecule is O=C(C[C@H]1Sc2ccccc2NC1=O)OCCCC(=O)c1ccc(F)cc1. The van der Waals surface area contributed by atoms with E-state index in [1.807, 2.05) is 24.3 Å². The molecule has 0 aromatic heterocycles. The smallest absolute Gasteiger partial charge is 0.307 e. The number of carbonyl (C=O) groups excluding carboxylic acids is 3. The molecule has 0 fully saturated rings. The quantitative estimate of drug-likeness (QED) is 0.444. The first-order chi connectivity index (χ1) is 13.0. The lowest BCUT2D eigenvalue weighted by atomic mass is 10.1. The summed E-state index contributed by atoms with van der Waals surface area (Å²) in [7, 11) is 0. The second kappa shape index (κ2) is 8.81. The molecule has 0 aliphatic carbocycles. The molecule has 0 spiro atoms. The molecule has 140 valence electrons. The van der Waals surface area contributed by atoms with E-state index < -0.39 is 17.0 Å². The van der Waals surface area contributed by atoms with Crippen LogP contribution < -0.4 is 5.32 Å². The van der Waals surface area contributed by atoms with Gasteiger partial charge in [0.2, 0.25) is 5.91 Å². The summed E-state index contributed by atoms with van der Waals surface area (Å²) < 4.78 is 18.0. The summed E-state index contributed by atoms with van der Waals surface area (Å²) in [5.74, 6) is -1.23. The molecule has 0 unspecified atom stereocenters. The summed E-state index contributed by atoms with van der Waals surface area (Å²) in [6.07, 6.45) is 0.538. The molecule has 0 saturated heterocycles. The van der Waals surface area contributed by atoms with Crippen LogP contribution in [-0.4, -0.2) is 29.5 Å². The number of nitrogens with one attached hydrogen (secondary N) is 1. The zero-order valence-electron chi connectivity index (χ0n) is 14.4. The normalized spacial score (nSPS) is 15.6. The van der Waals surface area contributed by atoms with Crippen LogP contribution >= 0.6 is 11.8 Å². The fraction of sp³-hybridized carbons (Fsp3) is 0.250. The number of ketones is 1. The highest BCUT2D eigenvalue weighted by atomic mass is 32.2. The van der Waals surface area contributed by atoms with Crippen LogP contribution in [0.4, 0.5) is 10.1 Å². The second-order valence-electron chi connectivity index (χ2n) is 6.05. The van der Waals surface area contributed by atoms with Crippen LogP contribution in [0.2, 0.25) is 0 Å². The maximum Gasteiger partial charge on any atom is 0.307 e. The Morgan fingerprint density at radius 1 is 1.11 bits per heavy atom. The number of fused-ring (bicyclic) bond motifs is 1. The number of Topliss-reactive ketones (excluding diaryl/α,β-unsaturated/α-hetero) is 1. The molecule has 1 aliphatic heterocycles. The average molecular weight is 387 g/mol. The minimum Gasteiger partial charge on any atom is -0.466 e. The monoisotopic (exact) mass is 387 g/mol. The number of hydrogen-bond acceptors (Lipinski definition) is 5. The van der Waals surface area contributed by atoms with Crippen molar-refractivity contribution >= 4 is 35.1 Å². The van der Waals surface area contributed by atoms with Gasteiger partial charge in [0.05, 0.1) is 24.0 Å². The molecule has 1 N–H and O–H groups in total. The number of ether oxygens (including phenoxy) is 1. The number of hydrogen-bond donors (Lipinski definition) is 1. The van der Waals surface area contributed by atoms with Gasteiger partial charge in [0.15, 0.2) is 5.78 Å². The predicted octanol–water partition coefficient (Wildman–Crippen LogP) is 3.83. The third kappa shape index (κ3) is 5.17. The highest BCUT2D eigenvalue weighted by molar-refractivity contribution is 8.01. The van der Waals surface area contributed by atoms with Crippen LogP contribution in [0.15, 0.2) is 53.4 Å². The average Bonchev–Trinajstić information content (AvgIpc) is 2.66. The van der Waals surface area contributed by atoms with Gasteiger partial charge in [0.1, 0.15) is 5.82 Å². The molecular weight excluding hydrogens is 369 g/mol. The van der Waals surface area contributed by atoms with Crippen LogP contribution in [0.25, 0.3) is 0 Å². The zero-order chi connectivity index (χ0) is 19.2. The van der Waals surface area contributed by atoms with Crippen molar-refractivity contribution in [3.63, 3.8) is 0 Å². The van der Waals surface area contributed by atoms with Gasteiger partial charge in [0.25, 0.3) is 0 Å². The van der Waals surface area contributed by atoms with E-state index in [2.05, 4.69) is 5.32 Å². The fourth-order valence-electron chi connectivity index (χ4n) is 2.64. The number of amides is 1. The Balaban J connectivity index is 1.40. The van der Waals surface area contributed by atoms with Gasteiger partial charge in [-0.1, -0.05) is 12.1 Å². The Labute approximate surface area is 160 Å². The van der Waals surface area contributed by atoms with Crippen molar-refractivity contribution in [2.75, 3.05) is 11.9 Å².